The highest BCUT2D eigenvalue weighted by Crippen LogP contribution is 2.30. The number of benzene rings is 1. The first-order valence-electron chi connectivity index (χ1n) is 9.44. The van der Waals surface area contributed by atoms with E-state index in [0.717, 1.165) is 18.4 Å². The first kappa shape index (κ1) is 25.5. The first-order valence-corrected chi connectivity index (χ1v) is 11.3. The number of nitrogens with one attached hydrogen (secondary N) is 2. The molecule has 0 spiro atoms. The van der Waals surface area contributed by atoms with Crippen molar-refractivity contribution in [1.29, 1.82) is 0 Å². The summed E-state index contributed by atoms with van der Waals surface area (Å²) < 4.78 is 77.6. The predicted octanol–water partition coefficient (Wildman–Crippen LogP) is 2.77. The summed E-state index contributed by atoms with van der Waals surface area (Å²) in [5.41, 5.74) is -0.165. The number of halogens is 4. The fourth-order valence-electron chi connectivity index (χ4n) is 2.83. The van der Waals surface area contributed by atoms with E-state index >= 15 is 0 Å². The summed E-state index contributed by atoms with van der Waals surface area (Å²) in [6.45, 7) is 1.26. The molecule has 2 rings (SSSR count). The van der Waals surface area contributed by atoms with Gasteiger partial charge in [-0.3, -0.25) is 4.79 Å². The normalized spacial score (nSPS) is 13.0. The van der Waals surface area contributed by atoms with Crippen LogP contribution < -0.4 is 14.9 Å². The molecule has 0 aliphatic carbocycles. The van der Waals surface area contributed by atoms with Gasteiger partial charge in [0.25, 0.3) is 0 Å². The van der Waals surface area contributed by atoms with Crippen molar-refractivity contribution in [3.8, 4) is 0 Å². The largest absolute Gasteiger partial charge is 0.433 e. The number of aromatic nitrogens is 1. The van der Waals surface area contributed by atoms with Crippen LogP contribution in [0.1, 0.15) is 35.2 Å². The lowest BCUT2D eigenvalue weighted by molar-refractivity contribution is -0.141. The van der Waals surface area contributed by atoms with E-state index in [1.807, 2.05) is 0 Å². The van der Waals surface area contributed by atoms with Crippen LogP contribution in [0.25, 0.3) is 0 Å². The van der Waals surface area contributed by atoms with Gasteiger partial charge in [-0.05, 0) is 24.6 Å². The van der Waals surface area contributed by atoms with E-state index in [-0.39, 0.29) is 24.5 Å². The molecule has 0 saturated carbocycles. The molecule has 1 aromatic carbocycles. The van der Waals surface area contributed by atoms with E-state index in [1.165, 1.54) is 23.1 Å². The number of amides is 1. The van der Waals surface area contributed by atoms with Gasteiger partial charge in [0.15, 0.2) is 0 Å². The molecule has 1 amide bonds. The van der Waals surface area contributed by atoms with Crippen molar-refractivity contribution in [1.82, 2.24) is 15.0 Å². The van der Waals surface area contributed by atoms with Crippen LogP contribution in [0.4, 0.5) is 23.4 Å². The molecular weight excluding hydrogens is 452 g/mol. The molecule has 32 heavy (non-hydrogen) atoms. The fourth-order valence-corrected chi connectivity index (χ4v) is 3.25. The van der Waals surface area contributed by atoms with Crippen molar-refractivity contribution in [2.24, 2.45) is 0 Å². The third kappa shape index (κ3) is 6.89. The Bertz CT molecular complexity index is 1090. The maximum Gasteiger partial charge on any atom is 0.433 e. The molecule has 7 nitrogen and oxygen atoms in total. The third-order valence-electron chi connectivity index (χ3n) is 4.62. The number of hydrogen-bond donors (Lipinski definition) is 2. The molecule has 1 heterocycles. The van der Waals surface area contributed by atoms with E-state index in [9.17, 15) is 30.8 Å². The Balaban J connectivity index is 2.11. The van der Waals surface area contributed by atoms with E-state index < -0.39 is 39.5 Å². The van der Waals surface area contributed by atoms with Crippen molar-refractivity contribution in [3.63, 3.8) is 0 Å². The number of rotatable bonds is 8. The molecule has 0 aliphatic rings. The number of alkyl halides is 3. The maximum atomic E-state index is 14.3. The lowest BCUT2D eigenvalue weighted by Crippen LogP contribution is -2.29. The molecule has 1 unspecified atom stereocenters. The van der Waals surface area contributed by atoms with Gasteiger partial charge in [-0.2, -0.15) is 13.2 Å². The van der Waals surface area contributed by atoms with Gasteiger partial charge < -0.3 is 10.2 Å². The van der Waals surface area contributed by atoms with Crippen LogP contribution in [-0.2, 0) is 34.1 Å². The number of pyridine rings is 1. The molecule has 12 heteroatoms. The molecule has 176 valence electrons. The summed E-state index contributed by atoms with van der Waals surface area (Å²) in [5, 5.41) is 2.63. The molecule has 0 radical (unpaired) electrons. The highest BCUT2D eigenvalue weighted by Gasteiger charge is 2.33. The maximum absolute atomic E-state index is 14.3. The van der Waals surface area contributed by atoms with Gasteiger partial charge in [-0.15, -0.1) is 0 Å². The molecule has 2 N–H and O–H groups in total. The number of hydrogen-bond acceptors (Lipinski definition) is 5. The van der Waals surface area contributed by atoms with Crippen LogP contribution in [0, 0.1) is 5.82 Å². The minimum absolute atomic E-state index is 0.0688. The number of carbonyl (C=O) groups is 1. The molecule has 0 aliphatic heterocycles. The standard InChI is InChI=1S/C20H24F4N4O3S/c1-12(13-5-6-14(16(21)9-13)11-26-32(4,30)31)19(29)25-10-15-7-8-17(20(22,23)24)27-18(15)28(2)3/h5-9,12,26H,10-11H2,1-4H3,(H,25,29). The Kier molecular flexibility index (Phi) is 7.83. The zero-order chi connectivity index (χ0) is 24.3. The van der Waals surface area contributed by atoms with Crippen LogP contribution in [0.15, 0.2) is 30.3 Å². The van der Waals surface area contributed by atoms with Crippen LogP contribution in [0.3, 0.4) is 0 Å². The monoisotopic (exact) mass is 476 g/mol. The van der Waals surface area contributed by atoms with Crippen molar-refractivity contribution < 1.29 is 30.8 Å². The lowest BCUT2D eigenvalue weighted by Gasteiger charge is -2.19. The highest BCUT2D eigenvalue weighted by molar-refractivity contribution is 7.88. The zero-order valence-corrected chi connectivity index (χ0v) is 18.7. The lowest BCUT2D eigenvalue weighted by atomic mass is 9.98. The van der Waals surface area contributed by atoms with Gasteiger partial charge in [0, 0.05) is 38.3 Å². The van der Waals surface area contributed by atoms with E-state index in [1.54, 1.807) is 21.0 Å². The molecule has 1 aromatic heterocycles. The van der Waals surface area contributed by atoms with E-state index in [2.05, 4.69) is 15.0 Å². The van der Waals surface area contributed by atoms with E-state index in [4.69, 9.17) is 0 Å². The smallest absolute Gasteiger partial charge is 0.362 e. The predicted molar refractivity (Wildman–Crippen MR) is 112 cm³/mol. The summed E-state index contributed by atoms with van der Waals surface area (Å²) >= 11 is 0. The third-order valence-corrected chi connectivity index (χ3v) is 5.29. The second kappa shape index (κ2) is 9.82. The summed E-state index contributed by atoms with van der Waals surface area (Å²) in [6, 6.07) is 6.14. The van der Waals surface area contributed by atoms with Gasteiger partial charge in [0.1, 0.15) is 17.3 Å². The number of anilines is 1. The molecule has 0 fully saturated rings. The van der Waals surface area contributed by atoms with Gasteiger partial charge in [-0.25, -0.2) is 22.5 Å². The first-order chi connectivity index (χ1) is 14.7. The molecule has 0 bridgehead atoms. The van der Waals surface area contributed by atoms with Crippen molar-refractivity contribution in [2.75, 3.05) is 25.3 Å². The number of sulfonamides is 1. The average Bonchev–Trinajstić information content (AvgIpc) is 2.68. The van der Waals surface area contributed by atoms with Gasteiger partial charge in [0.05, 0.1) is 12.2 Å². The minimum atomic E-state index is -4.59. The number of carbonyl (C=O) groups excluding carboxylic acids is 1. The van der Waals surface area contributed by atoms with Gasteiger partial charge in [-0.1, -0.05) is 18.2 Å². The topological polar surface area (TPSA) is 91.4 Å². The van der Waals surface area contributed by atoms with Crippen LogP contribution in [0.2, 0.25) is 0 Å². The average molecular weight is 476 g/mol. The van der Waals surface area contributed by atoms with Crippen molar-refractivity contribution in [2.45, 2.75) is 32.1 Å². The Hall–Kier alpha value is -2.73. The van der Waals surface area contributed by atoms with Crippen LogP contribution in [0.5, 0.6) is 0 Å². The van der Waals surface area contributed by atoms with Crippen molar-refractivity contribution >= 4 is 21.7 Å². The zero-order valence-electron chi connectivity index (χ0n) is 17.9. The van der Waals surface area contributed by atoms with Gasteiger partial charge >= 0.3 is 6.18 Å². The highest BCUT2D eigenvalue weighted by atomic mass is 32.2. The quantitative estimate of drug-likeness (QED) is 0.572. The van der Waals surface area contributed by atoms with E-state index in [0.29, 0.717) is 11.1 Å². The summed E-state index contributed by atoms with van der Waals surface area (Å²) in [6.07, 6.45) is -3.63. The SMILES string of the molecule is CC(C(=O)NCc1ccc(C(F)(F)F)nc1N(C)C)c1ccc(CNS(C)(=O)=O)c(F)c1. The summed E-state index contributed by atoms with van der Waals surface area (Å²) in [4.78, 5) is 17.6. The molecular formula is C20H24F4N4O3S. The minimum Gasteiger partial charge on any atom is -0.362 e. The summed E-state index contributed by atoms with van der Waals surface area (Å²) in [7, 11) is -0.403. The molecule has 0 saturated heterocycles. The Morgan fingerprint density at radius 1 is 1.12 bits per heavy atom. The molecule has 1 atom stereocenters. The Morgan fingerprint density at radius 2 is 1.75 bits per heavy atom. The van der Waals surface area contributed by atoms with Gasteiger partial charge in [0.2, 0.25) is 15.9 Å². The van der Waals surface area contributed by atoms with Crippen molar-refractivity contribution in [3.05, 3.63) is 58.5 Å². The van der Waals surface area contributed by atoms with Crippen LogP contribution in [-0.4, -0.2) is 39.7 Å². The Labute approximate surface area is 183 Å². The van der Waals surface area contributed by atoms with Crippen LogP contribution >= 0.6 is 0 Å². The fraction of sp³-hybridized carbons (Fsp3) is 0.400. The second-order valence-electron chi connectivity index (χ2n) is 7.46. The Morgan fingerprint density at radius 3 is 2.28 bits per heavy atom. The molecule has 2 aromatic rings. The number of nitrogens with zero attached hydrogens (tertiary/aromatic N) is 2. The summed E-state index contributed by atoms with van der Waals surface area (Å²) in [5.74, 6) is -1.82. The second-order valence-corrected chi connectivity index (χ2v) is 9.29.